The first kappa shape index (κ1) is 12.1. The van der Waals surface area contributed by atoms with Crippen LogP contribution in [-0.2, 0) is 5.41 Å². The summed E-state index contributed by atoms with van der Waals surface area (Å²) in [4.78, 5) is 0. The molecule has 0 spiro atoms. The van der Waals surface area contributed by atoms with Crippen molar-refractivity contribution >= 4 is 26.8 Å². The SMILES string of the molecule is CNc1ccc([SiH3])c(C(C)(C)C)c1NC. The van der Waals surface area contributed by atoms with Crippen molar-refractivity contribution in [2.75, 3.05) is 24.7 Å². The van der Waals surface area contributed by atoms with Gasteiger partial charge in [-0.1, -0.05) is 32.0 Å². The number of benzene rings is 1. The Balaban J connectivity index is 3.46. The Kier molecular flexibility index (Phi) is 3.45. The van der Waals surface area contributed by atoms with Gasteiger partial charge in [-0.25, -0.2) is 0 Å². The molecule has 0 aliphatic carbocycles. The summed E-state index contributed by atoms with van der Waals surface area (Å²) in [5, 5.41) is 8.04. The fourth-order valence-corrected chi connectivity index (χ4v) is 3.31. The molecule has 0 aliphatic heterocycles. The van der Waals surface area contributed by atoms with Gasteiger partial charge in [0.05, 0.1) is 11.4 Å². The number of anilines is 2. The summed E-state index contributed by atoms with van der Waals surface area (Å²) in [7, 11) is 5.05. The molecule has 2 N–H and O–H groups in total. The predicted molar refractivity (Wildman–Crippen MR) is 73.8 cm³/mol. The lowest BCUT2D eigenvalue weighted by Crippen LogP contribution is -2.25. The predicted octanol–water partition coefficient (Wildman–Crippen LogP) is 1.06. The highest BCUT2D eigenvalue weighted by molar-refractivity contribution is 6.34. The Hall–Kier alpha value is -0.963. The molecule has 1 aromatic carbocycles. The van der Waals surface area contributed by atoms with Crippen LogP contribution in [0.15, 0.2) is 12.1 Å². The Morgan fingerprint density at radius 3 is 2.07 bits per heavy atom. The van der Waals surface area contributed by atoms with Gasteiger partial charge in [-0.3, -0.25) is 0 Å². The zero-order valence-electron chi connectivity index (χ0n) is 10.7. The lowest BCUT2D eigenvalue weighted by atomic mass is 9.85. The Bertz CT molecular complexity index is 353. The van der Waals surface area contributed by atoms with Gasteiger partial charge in [0.25, 0.3) is 0 Å². The molecule has 0 bridgehead atoms. The maximum Gasteiger partial charge on any atom is 0.0609 e. The fourth-order valence-electron chi connectivity index (χ4n) is 2.14. The minimum atomic E-state index is 0.197. The van der Waals surface area contributed by atoms with Crippen molar-refractivity contribution in [2.24, 2.45) is 0 Å². The third-order valence-electron chi connectivity index (χ3n) is 2.68. The highest BCUT2D eigenvalue weighted by Gasteiger charge is 2.21. The van der Waals surface area contributed by atoms with Crippen molar-refractivity contribution in [3.05, 3.63) is 17.7 Å². The Labute approximate surface area is 95.9 Å². The van der Waals surface area contributed by atoms with Gasteiger partial charge < -0.3 is 10.6 Å². The van der Waals surface area contributed by atoms with Crippen molar-refractivity contribution in [1.29, 1.82) is 0 Å². The van der Waals surface area contributed by atoms with Gasteiger partial charge in [-0.2, -0.15) is 0 Å². The van der Waals surface area contributed by atoms with E-state index in [2.05, 4.69) is 43.5 Å². The molecule has 0 atom stereocenters. The van der Waals surface area contributed by atoms with Gasteiger partial charge in [-0.05, 0) is 17.0 Å². The van der Waals surface area contributed by atoms with E-state index in [1.165, 1.54) is 22.1 Å². The lowest BCUT2D eigenvalue weighted by Gasteiger charge is -2.27. The zero-order valence-corrected chi connectivity index (χ0v) is 12.7. The average molecular weight is 222 g/mol. The van der Waals surface area contributed by atoms with E-state index in [1.54, 1.807) is 0 Å². The average Bonchev–Trinajstić information content (AvgIpc) is 2.15. The van der Waals surface area contributed by atoms with Gasteiger partial charge in [-0.15, -0.1) is 0 Å². The molecule has 15 heavy (non-hydrogen) atoms. The van der Waals surface area contributed by atoms with Gasteiger partial charge >= 0.3 is 0 Å². The van der Waals surface area contributed by atoms with Crippen molar-refractivity contribution in [1.82, 2.24) is 0 Å². The van der Waals surface area contributed by atoms with Crippen LogP contribution in [0.25, 0.3) is 0 Å². The molecule has 1 aromatic rings. The summed E-state index contributed by atoms with van der Waals surface area (Å²) < 4.78 is 0. The van der Waals surface area contributed by atoms with Crippen LogP contribution in [0.3, 0.4) is 0 Å². The molecular formula is C12H22N2Si. The zero-order chi connectivity index (χ0) is 11.6. The standard InChI is InChI=1S/C12H22N2Si/c1-12(2,3)10-9(15)7-6-8(13-4)11(10)14-5/h6-7,13-14H,1-5,15H3. The Morgan fingerprint density at radius 1 is 1.07 bits per heavy atom. The van der Waals surface area contributed by atoms with Crippen molar-refractivity contribution in [3.63, 3.8) is 0 Å². The molecule has 0 unspecified atom stereocenters. The molecule has 0 saturated carbocycles. The van der Waals surface area contributed by atoms with Crippen molar-refractivity contribution < 1.29 is 0 Å². The van der Waals surface area contributed by atoms with Crippen LogP contribution in [-0.4, -0.2) is 24.3 Å². The molecule has 0 aliphatic rings. The number of nitrogens with one attached hydrogen (secondary N) is 2. The molecular weight excluding hydrogens is 200 g/mol. The third-order valence-corrected chi connectivity index (χ3v) is 3.52. The molecule has 0 saturated heterocycles. The van der Waals surface area contributed by atoms with Crippen LogP contribution >= 0.6 is 0 Å². The van der Waals surface area contributed by atoms with Crippen LogP contribution in [0, 0.1) is 0 Å². The van der Waals surface area contributed by atoms with Crippen LogP contribution in [0.5, 0.6) is 0 Å². The largest absolute Gasteiger partial charge is 0.386 e. The summed E-state index contributed by atoms with van der Waals surface area (Å²) in [6, 6.07) is 4.39. The van der Waals surface area contributed by atoms with E-state index >= 15 is 0 Å². The molecule has 0 fully saturated rings. The summed E-state index contributed by atoms with van der Waals surface area (Å²) in [5.41, 5.74) is 4.07. The number of hydrogen-bond donors (Lipinski definition) is 2. The van der Waals surface area contributed by atoms with E-state index in [4.69, 9.17) is 0 Å². The maximum absolute atomic E-state index is 3.32. The van der Waals surface area contributed by atoms with Gasteiger partial charge in [0, 0.05) is 24.3 Å². The molecule has 1 rings (SSSR count). The monoisotopic (exact) mass is 222 g/mol. The minimum absolute atomic E-state index is 0.197. The molecule has 84 valence electrons. The molecule has 0 aromatic heterocycles. The normalized spacial score (nSPS) is 11.5. The first-order valence-corrected chi connectivity index (χ1v) is 6.41. The second-order valence-corrected chi connectivity index (χ2v) is 6.01. The molecule has 0 heterocycles. The van der Waals surface area contributed by atoms with Crippen molar-refractivity contribution in [3.8, 4) is 0 Å². The fraction of sp³-hybridized carbons (Fsp3) is 0.500. The number of hydrogen-bond acceptors (Lipinski definition) is 2. The van der Waals surface area contributed by atoms with Crippen molar-refractivity contribution in [2.45, 2.75) is 26.2 Å². The van der Waals surface area contributed by atoms with E-state index < -0.39 is 0 Å². The molecule has 0 radical (unpaired) electrons. The third kappa shape index (κ3) is 2.34. The topological polar surface area (TPSA) is 24.1 Å². The van der Waals surface area contributed by atoms with Crippen LogP contribution < -0.4 is 15.8 Å². The number of rotatable bonds is 2. The molecule has 3 heteroatoms. The van der Waals surface area contributed by atoms with E-state index in [9.17, 15) is 0 Å². The molecule has 0 amide bonds. The summed E-state index contributed by atoms with van der Waals surface area (Å²) in [6.07, 6.45) is 0. The Morgan fingerprint density at radius 2 is 1.67 bits per heavy atom. The van der Waals surface area contributed by atoms with Gasteiger partial charge in [0.15, 0.2) is 0 Å². The quantitative estimate of drug-likeness (QED) is 0.731. The van der Waals surface area contributed by atoms with Gasteiger partial charge in [0.1, 0.15) is 0 Å². The lowest BCUT2D eigenvalue weighted by molar-refractivity contribution is 0.596. The van der Waals surface area contributed by atoms with E-state index in [0.29, 0.717) is 0 Å². The second-order valence-electron chi connectivity index (χ2n) is 4.93. The first-order valence-electron chi connectivity index (χ1n) is 5.41. The highest BCUT2D eigenvalue weighted by atomic mass is 28.1. The van der Waals surface area contributed by atoms with Gasteiger partial charge in [0.2, 0.25) is 0 Å². The smallest absolute Gasteiger partial charge is 0.0609 e. The van der Waals surface area contributed by atoms with Crippen LogP contribution in [0.2, 0.25) is 0 Å². The van der Waals surface area contributed by atoms with Crippen LogP contribution in [0.4, 0.5) is 11.4 Å². The first-order chi connectivity index (χ1) is 6.91. The maximum atomic E-state index is 3.32. The van der Waals surface area contributed by atoms with E-state index in [1.807, 2.05) is 14.1 Å². The highest BCUT2D eigenvalue weighted by Crippen LogP contribution is 2.32. The molecule has 2 nitrogen and oxygen atoms in total. The summed E-state index contributed by atoms with van der Waals surface area (Å²) in [6.45, 7) is 6.80. The van der Waals surface area contributed by atoms with E-state index in [-0.39, 0.29) is 5.41 Å². The minimum Gasteiger partial charge on any atom is -0.386 e. The second kappa shape index (κ2) is 4.27. The summed E-state index contributed by atoms with van der Waals surface area (Å²) in [5.74, 6) is 0. The van der Waals surface area contributed by atoms with Crippen LogP contribution in [0.1, 0.15) is 26.3 Å². The van der Waals surface area contributed by atoms with E-state index in [0.717, 1.165) is 10.2 Å². The summed E-state index contributed by atoms with van der Waals surface area (Å²) >= 11 is 0.